The van der Waals surface area contributed by atoms with Gasteiger partial charge in [-0.25, -0.2) is 4.98 Å². The van der Waals surface area contributed by atoms with Gasteiger partial charge in [-0.05, 0) is 74.4 Å². The fourth-order valence-electron chi connectivity index (χ4n) is 3.95. The first-order valence-corrected chi connectivity index (χ1v) is 10.8. The van der Waals surface area contributed by atoms with Gasteiger partial charge in [-0.3, -0.25) is 0 Å². The quantitative estimate of drug-likeness (QED) is 0.261. The third-order valence-electron chi connectivity index (χ3n) is 5.41. The second kappa shape index (κ2) is 8.63. The van der Waals surface area contributed by atoms with Gasteiger partial charge in [-0.15, -0.1) is 0 Å². The molecular formula is C25H26N6O. The van der Waals surface area contributed by atoms with Gasteiger partial charge in [0.25, 0.3) is 0 Å². The molecule has 0 unspecified atom stereocenters. The molecule has 3 aromatic heterocycles. The molecule has 7 nitrogen and oxygen atoms in total. The van der Waals surface area contributed by atoms with Crippen molar-refractivity contribution < 1.29 is 4.74 Å². The number of hydrogen-bond donors (Lipinski definition) is 4. The second-order valence-electron chi connectivity index (χ2n) is 7.78. The molecule has 4 N–H and O–H groups in total. The number of fused-ring (bicyclic) bond motifs is 2. The zero-order valence-corrected chi connectivity index (χ0v) is 18.2. The highest BCUT2D eigenvalue weighted by molar-refractivity contribution is 5.85. The molecule has 0 radical (unpaired) electrons. The summed E-state index contributed by atoms with van der Waals surface area (Å²) in [5.74, 6) is 2.25. The minimum absolute atomic E-state index is 0.600. The maximum atomic E-state index is 5.64. The molecule has 0 bridgehead atoms. The SMILES string of the molecule is CCOc1ccc2[nH]cc(CCNc3nccc(Nc4ccc5[nH]c(C)cc5c4)n3)c2c1. The summed E-state index contributed by atoms with van der Waals surface area (Å²) in [6.45, 7) is 5.44. The average Bonchev–Trinajstić information content (AvgIpc) is 3.36. The van der Waals surface area contributed by atoms with Crippen LogP contribution in [0.3, 0.4) is 0 Å². The van der Waals surface area contributed by atoms with E-state index in [9.17, 15) is 0 Å². The number of aromatic nitrogens is 4. The number of H-pyrrole nitrogens is 2. The monoisotopic (exact) mass is 426 g/mol. The van der Waals surface area contributed by atoms with Crippen LogP contribution in [0.5, 0.6) is 5.75 Å². The van der Waals surface area contributed by atoms with Crippen molar-refractivity contribution in [1.29, 1.82) is 0 Å². The van der Waals surface area contributed by atoms with Gasteiger partial charge in [0.2, 0.25) is 5.95 Å². The van der Waals surface area contributed by atoms with Crippen molar-refractivity contribution in [2.45, 2.75) is 20.3 Å². The summed E-state index contributed by atoms with van der Waals surface area (Å²) in [7, 11) is 0. The average molecular weight is 427 g/mol. The normalized spacial score (nSPS) is 11.2. The highest BCUT2D eigenvalue weighted by Crippen LogP contribution is 2.25. The van der Waals surface area contributed by atoms with Crippen molar-refractivity contribution in [2.75, 3.05) is 23.8 Å². The lowest BCUT2D eigenvalue weighted by Gasteiger charge is -2.09. The van der Waals surface area contributed by atoms with Crippen LogP contribution >= 0.6 is 0 Å². The van der Waals surface area contributed by atoms with Gasteiger partial charge in [-0.2, -0.15) is 4.98 Å². The second-order valence-corrected chi connectivity index (χ2v) is 7.78. The van der Waals surface area contributed by atoms with E-state index in [0.29, 0.717) is 12.6 Å². The Bertz CT molecular complexity index is 1370. The lowest BCUT2D eigenvalue weighted by Crippen LogP contribution is -2.08. The van der Waals surface area contributed by atoms with E-state index in [1.54, 1.807) is 6.20 Å². The van der Waals surface area contributed by atoms with Crippen molar-refractivity contribution in [3.63, 3.8) is 0 Å². The predicted octanol–water partition coefficient (Wildman–Crippen LogP) is 5.54. The van der Waals surface area contributed by atoms with Gasteiger partial charge in [0.1, 0.15) is 11.6 Å². The highest BCUT2D eigenvalue weighted by Gasteiger charge is 2.07. The maximum absolute atomic E-state index is 5.64. The molecule has 0 atom stereocenters. The molecule has 0 fully saturated rings. The van der Waals surface area contributed by atoms with E-state index < -0.39 is 0 Å². The summed E-state index contributed by atoms with van der Waals surface area (Å²) in [4.78, 5) is 15.6. The van der Waals surface area contributed by atoms with Crippen molar-refractivity contribution in [3.8, 4) is 5.75 Å². The van der Waals surface area contributed by atoms with E-state index in [1.165, 1.54) is 16.3 Å². The van der Waals surface area contributed by atoms with Crippen LogP contribution in [0, 0.1) is 6.92 Å². The van der Waals surface area contributed by atoms with Crippen molar-refractivity contribution in [2.24, 2.45) is 0 Å². The minimum atomic E-state index is 0.600. The topological polar surface area (TPSA) is 90.6 Å². The van der Waals surface area contributed by atoms with E-state index in [-0.39, 0.29) is 0 Å². The Balaban J connectivity index is 1.24. The van der Waals surface area contributed by atoms with E-state index in [1.807, 2.05) is 25.1 Å². The first-order chi connectivity index (χ1) is 15.7. The first-order valence-electron chi connectivity index (χ1n) is 10.8. The molecule has 0 amide bonds. The fourth-order valence-corrected chi connectivity index (χ4v) is 3.95. The van der Waals surface area contributed by atoms with Crippen LogP contribution < -0.4 is 15.4 Å². The Morgan fingerprint density at radius 3 is 2.84 bits per heavy atom. The van der Waals surface area contributed by atoms with Crippen LogP contribution in [0.4, 0.5) is 17.5 Å². The third-order valence-corrected chi connectivity index (χ3v) is 5.41. The summed E-state index contributed by atoms with van der Waals surface area (Å²) >= 11 is 0. The van der Waals surface area contributed by atoms with E-state index in [4.69, 9.17) is 4.74 Å². The number of ether oxygens (including phenoxy) is 1. The molecule has 2 aromatic carbocycles. The van der Waals surface area contributed by atoms with Crippen LogP contribution in [0.1, 0.15) is 18.2 Å². The number of nitrogens with one attached hydrogen (secondary N) is 4. The Morgan fingerprint density at radius 1 is 1.03 bits per heavy atom. The van der Waals surface area contributed by atoms with E-state index in [0.717, 1.165) is 46.9 Å². The molecule has 0 aliphatic rings. The number of aryl methyl sites for hydroxylation is 1. The molecule has 0 spiro atoms. The van der Waals surface area contributed by atoms with Crippen molar-refractivity contribution >= 4 is 39.3 Å². The number of rotatable bonds is 8. The molecule has 5 aromatic rings. The van der Waals surface area contributed by atoms with Gasteiger partial charge in [0, 0.05) is 52.1 Å². The van der Waals surface area contributed by atoms with Crippen LogP contribution in [0.2, 0.25) is 0 Å². The molecule has 5 rings (SSSR count). The Morgan fingerprint density at radius 2 is 1.94 bits per heavy atom. The van der Waals surface area contributed by atoms with Crippen molar-refractivity contribution in [1.82, 2.24) is 19.9 Å². The van der Waals surface area contributed by atoms with Crippen LogP contribution in [-0.4, -0.2) is 33.1 Å². The minimum Gasteiger partial charge on any atom is -0.494 e. The summed E-state index contributed by atoms with van der Waals surface area (Å²) in [6.07, 6.45) is 4.66. The number of nitrogens with zero attached hydrogens (tertiary/aromatic N) is 2. The van der Waals surface area contributed by atoms with Gasteiger partial charge < -0.3 is 25.3 Å². The van der Waals surface area contributed by atoms with Gasteiger partial charge >= 0.3 is 0 Å². The largest absolute Gasteiger partial charge is 0.494 e. The molecule has 7 heteroatoms. The zero-order chi connectivity index (χ0) is 21.9. The summed E-state index contributed by atoms with van der Waals surface area (Å²) in [5, 5.41) is 9.06. The molecule has 32 heavy (non-hydrogen) atoms. The lowest BCUT2D eigenvalue weighted by molar-refractivity contribution is 0.340. The molecule has 3 heterocycles. The molecular weight excluding hydrogens is 400 g/mol. The number of anilines is 3. The molecule has 0 aliphatic heterocycles. The first kappa shape index (κ1) is 19.9. The van der Waals surface area contributed by atoms with Crippen LogP contribution in [0.25, 0.3) is 21.8 Å². The zero-order valence-electron chi connectivity index (χ0n) is 18.2. The van der Waals surface area contributed by atoms with Crippen LogP contribution in [0.15, 0.2) is 60.9 Å². The van der Waals surface area contributed by atoms with E-state index >= 15 is 0 Å². The molecule has 162 valence electrons. The van der Waals surface area contributed by atoms with E-state index in [2.05, 4.69) is 74.0 Å². The number of hydrogen-bond acceptors (Lipinski definition) is 5. The molecule has 0 saturated carbocycles. The van der Waals surface area contributed by atoms with Crippen LogP contribution in [-0.2, 0) is 6.42 Å². The molecule has 0 aliphatic carbocycles. The van der Waals surface area contributed by atoms with Gasteiger partial charge in [0.05, 0.1) is 6.61 Å². The summed E-state index contributed by atoms with van der Waals surface area (Å²) in [5.41, 5.74) is 5.61. The summed E-state index contributed by atoms with van der Waals surface area (Å²) in [6, 6.07) is 16.4. The molecule has 0 saturated heterocycles. The Hall–Kier alpha value is -4.00. The van der Waals surface area contributed by atoms with Gasteiger partial charge in [0.15, 0.2) is 0 Å². The maximum Gasteiger partial charge on any atom is 0.224 e. The van der Waals surface area contributed by atoms with Crippen molar-refractivity contribution in [3.05, 3.63) is 72.2 Å². The Labute approximate surface area is 186 Å². The predicted molar refractivity (Wildman–Crippen MR) is 130 cm³/mol. The summed E-state index contributed by atoms with van der Waals surface area (Å²) < 4.78 is 5.64. The fraction of sp³-hybridized carbons (Fsp3) is 0.200. The number of benzene rings is 2. The highest BCUT2D eigenvalue weighted by atomic mass is 16.5. The standard InChI is InChI=1S/C25H26N6O/c1-3-32-20-5-7-23-21(14-20)17(15-28-23)8-10-26-25-27-11-9-24(31-25)30-19-4-6-22-18(13-19)12-16(2)29-22/h4-7,9,11-15,28-29H,3,8,10H2,1-2H3,(H2,26,27,30,31). The smallest absolute Gasteiger partial charge is 0.224 e. The van der Waals surface area contributed by atoms with Gasteiger partial charge in [-0.1, -0.05) is 0 Å². The lowest BCUT2D eigenvalue weighted by atomic mass is 10.1. The number of aromatic amines is 2. The Kier molecular flexibility index (Phi) is 5.37. The third kappa shape index (κ3) is 4.23.